The van der Waals surface area contributed by atoms with Gasteiger partial charge in [0.1, 0.15) is 11.9 Å². The summed E-state index contributed by atoms with van der Waals surface area (Å²) in [6, 6.07) is 5.36. The summed E-state index contributed by atoms with van der Waals surface area (Å²) < 4.78 is 35.2. The highest BCUT2D eigenvalue weighted by Gasteiger charge is 2.54. The molecular formula is C20H20F2N4O6. The number of carboxylic acids is 1. The number of β-lactam (4-membered cyclic amide) rings is 1. The van der Waals surface area contributed by atoms with Gasteiger partial charge in [0.05, 0.1) is 5.92 Å². The van der Waals surface area contributed by atoms with Crippen molar-refractivity contribution in [1.29, 1.82) is 0 Å². The number of halogens is 2. The second-order valence-electron chi connectivity index (χ2n) is 7.56. The number of benzene rings is 1. The van der Waals surface area contributed by atoms with E-state index in [2.05, 4.69) is 19.8 Å². The summed E-state index contributed by atoms with van der Waals surface area (Å²) in [5, 5.41) is 22.8. The number of nitrogens with zero attached hydrogens (tertiary/aromatic N) is 2. The number of amides is 1. The molecule has 3 heterocycles. The number of nitrogens with one attached hydrogen (secondary N) is 1. The number of hydrogen-bond donors (Lipinski definition) is 4. The number of carbonyl (C=O) groups is 2. The Balaban J connectivity index is 1.44. The first-order valence-corrected chi connectivity index (χ1v) is 9.65. The van der Waals surface area contributed by atoms with Crippen LogP contribution in [-0.4, -0.2) is 50.7 Å². The van der Waals surface area contributed by atoms with Crippen molar-refractivity contribution in [3.63, 3.8) is 0 Å². The standard InChI is InChI=1S/C20H20F2N4O6/c1-9(11-2-3-13-14(8-11)32-20(21,22)31-13)25-19(30)26-16(18(28)29)12(17(26)27)6-10-4-5-24-15(23)7-10/h2-5,7-9,12,16,19,25,30H,6H2,1H3,(H2,23,24)(H,28,29)/t9-,12-,16+,19?/m1/s1. The summed E-state index contributed by atoms with van der Waals surface area (Å²) in [5.41, 5.74) is 6.73. The first-order chi connectivity index (χ1) is 15.1. The summed E-state index contributed by atoms with van der Waals surface area (Å²) in [6.45, 7) is 1.61. The molecule has 12 heteroatoms. The molecule has 1 aromatic heterocycles. The molecule has 1 fully saturated rings. The predicted octanol–water partition coefficient (Wildman–Crippen LogP) is 1.07. The van der Waals surface area contributed by atoms with Crippen molar-refractivity contribution in [1.82, 2.24) is 15.2 Å². The second kappa shape index (κ2) is 7.88. The number of nitrogens with two attached hydrogens (primary N) is 1. The summed E-state index contributed by atoms with van der Waals surface area (Å²) in [5.74, 6) is -2.75. The van der Waals surface area contributed by atoms with E-state index in [0.717, 1.165) is 4.90 Å². The molecule has 2 aliphatic heterocycles. The lowest BCUT2D eigenvalue weighted by Crippen LogP contribution is -2.70. The number of pyridine rings is 1. The number of nitrogen functional groups attached to an aromatic ring is 1. The van der Waals surface area contributed by atoms with Crippen LogP contribution in [0.2, 0.25) is 0 Å². The highest BCUT2D eigenvalue weighted by molar-refractivity contribution is 5.96. The van der Waals surface area contributed by atoms with Gasteiger partial charge in [-0.3, -0.25) is 15.0 Å². The van der Waals surface area contributed by atoms with Crippen LogP contribution in [0.15, 0.2) is 36.5 Å². The van der Waals surface area contributed by atoms with E-state index in [4.69, 9.17) is 5.73 Å². The third-order valence-corrected chi connectivity index (χ3v) is 5.39. The average Bonchev–Trinajstić information content (AvgIpc) is 3.02. The Morgan fingerprint density at radius 3 is 2.72 bits per heavy atom. The number of likely N-dealkylation sites (tertiary alicyclic amines) is 1. The molecule has 0 aliphatic carbocycles. The van der Waals surface area contributed by atoms with E-state index in [1.165, 1.54) is 24.4 Å². The SMILES string of the molecule is C[C@@H](NC(O)N1C(=O)[C@H](Cc2ccnc(N)c2)[C@H]1C(=O)O)c1ccc2c(c1)OC(F)(F)O2. The van der Waals surface area contributed by atoms with E-state index >= 15 is 0 Å². The zero-order valence-corrected chi connectivity index (χ0v) is 16.7. The molecule has 4 rings (SSSR count). The number of alkyl halides is 2. The fourth-order valence-electron chi connectivity index (χ4n) is 3.85. The molecule has 0 radical (unpaired) electrons. The van der Waals surface area contributed by atoms with Crippen LogP contribution in [-0.2, 0) is 16.0 Å². The number of carbonyl (C=O) groups excluding carboxylic acids is 1. The molecule has 4 atom stereocenters. The number of aliphatic hydroxyl groups is 1. The van der Waals surface area contributed by atoms with Gasteiger partial charge in [0.25, 0.3) is 0 Å². The maximum Gasteiger partial charge on any atom is 0.586 e. The molecule has 1 unspecified atom stereocenters. The van der Waals surface area contributed by atoms with E-state index in [1.54, 1.807) is 19.1 Å². The van der Waals surface area contributed by atoms with Crippen molar-refractivity contribution in [2.24, 2.45) is 5.92 Å². The molecule has 1 amide bonds. The largest absolute Gasteiger partial charge is 0.586 e. The van der Waals surface area contributed by atoms with Gasteiger partial charge in [-0.15, -0.1) is 8.78 Å². The van der Waals surface area contributed by atoms with Crippen molar-refractivity contribution < 1.29 is 38.1 Å². The van der Waals surface area contributed by atoms with Crippen LogP contribution in [0.25, 0.3) is 0 Å². The second-order valence-corrected chi connectivity index (χ2v) is 7.56. The van der Waals surface area contributed by atoms with Gasteiger partial charge in [0.15, 0.2) is 17.9 Å². The Hall–Kier alpha value is -3.51. The molecule has 0 saturated carbocycles. The van der Waals surface area contributed by atoms with Crippen molar-refractivity contribution in [3.05, 3.63) is 47.7 Å². The van der Waals surface area contributed by atoms with E-state index in [1.807, 2.05) is 0 Å². The molecule has 1 saturated heterocycles. The molecule has 32 heavy (non-hydrogen) atoms. The minimum Gasteiger partial charge on any atom is -0.480 e. The van der Waals surface area contributed by atoms with E-state index in [9.17, 15) is 28.6 Å². The third kappa shape index (κ3) is 4.01. The van der Waals surface area contributed by atoms with E-state index in [0.29, 0.717) is 11.1 Å². The minimum atomic E-state index is -3.76. The van der Waals surface area contributed by atoms with Crippen LogP contribution < -0.4 is 20.5 Å². The van der Waals surface area contributed by atoms with Gasteiger partial charge < -0.3 is 25.4 Å². The lowest BCUT2D eigenvalue weighted by molar-refractivity contribution is -0.286. The lowest BCUT2D eigenvalue weighted by Gasteiger charge is -2.47. The van der Waals surface area contributed by atoms with Crippen LogP contribution >= 0.6 is 0 Å². The van der Waals surface area contributed by atoms with Crippen LogP contribution in [0.1, 0.15) is 24.1 Å². The quantitative estimate of drug-likeness (QED) is 0.359. The average molecular weight is 450 g/mol. The smallest absolute Gasteiger partial charge is 0.480 e. The predicted molar refractivity (Wildman–Crippen MR) is 104 cm³/mol. The van der Waals surface area contributed by atoms with Crippen molar-refractivity contribution in [2.45, 2.75) is 38.1 Å². The fraction of sp³-hybridized carbons (Fsp3) is 0.350. The molecule has 1 aromatic carbocycles. The summed E-state index contributed by atoms with van der Waals surface area (Å²) >= 11 is 0. The third-order valence-electron chi connectivity index (χ3n) is 5.39. The zero-order chi connectivity index (χ0) is 23.2. The normalized spacial score (nSPS) is 22.9. The van der Waals surface area contributed by atoms with E-state index < -0.39 is 42.5 Å². The maximum absolute atomic E-state index is 13.2. The van der Waals surface area contributed by atoms with Crippen molar-refractivity contribution in [2.75, 3.05) is 5.73 Å². The van der Waals surface area contributed by atoms with Crippen molar-refractivity contribution in [3.8, 4) is 11.5 Å². The lowest BCUT2D eigenvalue weighted by atomic mass is 9.82. The monoisotopic (exact) mass is 450 g/mol. The molecule has 5 N–H and O–H groups in total. The molecule has 2 aromatic rings. The Kier molecular flexibility index (Phi) is 5.34. The van der Waals surface area contributed by atoms with Gasteiger partial charge in [-0.25, -0.2) is 9.78 Å². The Morgan fingerprint density at radius 2 is 2.03 bits per heavy atom. The molecule has 0 spiro atoms. The summed E-state index contributed by atoms with van der Waals surface area (Å²) in [6.07, 6.45) is -3.80. The number of hydrogen-bond acceptors (Lipinski definition) is 8. The number of aliphatic carboxylic acids is 1. The van der Waals surface area contributed by atoms with Crippen LogP contribution in [0, 0.1) is 5.92 Å². The fourth-order valence-corrected chi connectivity index (χ4v) is 3.85. The summed E-state index contributed by atoms with van der Waals surface area (Å²) in [7, 11) is 0. The number of anilines is 1. The number of aromatic nitrogens is 1. The maximum atomic E-state index is 13.2. The number of rotatable bonds is 7. The first kappa shape index (κ1) is 21.7. The van der Waals surface area contributed by atoms with Crippen LogP contribution in [0.4, 0.5) is 14.6 Å². The molecule has 170 valence electrons. The number of carboxylic acid groups (broad SMARTS) is 1. The molecule has 2 aliphatic rings. The van der Waals surface area contributed by atoms with Crippen LogP contribution in [0.3, 0.4) is 0 Å². The number of fused-ring (bicyclic) bond motifs is 1. The molecule has 0 bridgehead atoms. The topological polar surface area (TPSA) is 147 Å². The van der Waals surface area contributed by atoms with Gasteiger partial charge in [-0.05, 0) is 48.7 Å². The molecule has 10 nitrogen and oxygen atoms in total. The van der Waals surface area contributed by atoms with Gasteiger partial charge >= 0.3 is 12.3 Å². The number of aliphatic hydroxyl groups excluding tert-OH is 1. The molecular weight excluding hydrogens is 430 g/mol. The van der Waals surface area contributed by atoms with Crippen LogP contribution in [0.5, 0.6) is 11.5 Å². The first-order valence-electron chi connectivity index (χ1n) is 9.65. The van der Waals surface area contributed by atoms with Crippen molar-refractivity contribution >= 4 is 17.7 Å². The zero-order valence-electron chi connectivity index (χ0n) is 16.7. The van der Waals surface area contributed by atoms with E-state index in [-0.39, 0.29) is 23.7 Å². The highest BCUT2D eigenvalue weighted by atomic mass is 19.3. The highest BCUT2D eigenvalue weighted by Crippen LogP contribution is 2.42. The summed E-state index contributed by atoms with van der Waals surface area (Å²) in [4.78, 5) is 29.1. The minimum absolute atomic E-state index is 0.123. The Bertz CT molecular complexity index is 1070. The van der Waals surface area contributed by atoms with Gasteiger partial charge in [0, 0.05) is 12.2 Å². The van der Waals surface area contributed by atoms with Gasteiger partial charge in [-0.2, -0.15) is 0 Å². The van der Waals surface area contributed by atoms with Gasteiger partial charge in [0.2, 0.25) is 5.91 Å². The number of ether oxygens (including phenoxy) is 2. The Labute approximate surface area is 180 Å². The van der Waals surface area contributed by atoms with Gasteiger partial charge in [-0.1, -0.05) is 6.07 Å². The Morgan fingerprint density at radius 1 is 1.31 bits per heavy atom.